The van der Waals surface area contributed by atoms with Crippen LogP contribution in [0.2, 0.25) is 0 Å². The summed E-state index contributed by atoms with van der Waals surface area (Å²) < 4.78 is 5.72. The summed E-state index contributed by atoms with van der Waals surface area (Å²) in [5.74, 6) is -0.273. The van der Waals surface area contributed by atoms with Gasteiger partial charge in [-0.2, -0.15) is 0 Å². The summed E-state index contributed by atoms with van der Waals surface area (Å²) in [5, 5.41) is 5.57. The fraction of sp³-hybridized carbons (Fsp3) is 0.211. The Hall–Kier alpha value is -2.93. The molecule has 4 N–H and O–H groups in total. The second-order valence-electron chi connectivity index (χ2n) is 5.72. The first-order chi connectivity index (χ1) is 12.4. The van der Waals surface area contributed by atoms with E-state index in [-0.39, 0.29) is 17.1 Å². The molecule has 0 bridgehead atoms. The van der Waals surface area contributed by atoms with Crippen molar-refractivity contribution in [1.82, 2.24) is 5.32 Å². The highest BCUT2D eigenvalue weighted by atomic mass is 32.1. The first-order valence-corrected chi connectivity index (χ1v) is 8.58. The van der Waals surface area contributed by atoms with E-state index in [2.05, 4.69) is 10.6 Å². The van der Waals surface area contributed by atoms with E-state index < -0.39 is 5.91 Å². The van der Waals surface area contributed by atoms with Gasteiger partial charge in [-0.1, -0.05) is 19.1 Å². The number of amides is 2. The highest BCUT2D eigenvalue weighted by Crippen LogP contribution is 2.16. The van der Waals surface area contributed by atoms with Crippen LogP contribution < -0.4 is 21.1 Å². The Bertz CT molecular complexity index is 823. The molecule has 0 fully saturated rings. The van der Waals surface area contributed by atoms with Crippen LogP contribution in [0.25, 0.3) is 0 Å². The van der Waals surface area contributed by atoms with Crippen LogP contribution in [0.3, 0.4) is 0 Å². The van der Waals surface area contributed by atoms with Crippen molar-refractivity contribution in [2.45, 2.75) is 26.4 Å². The minimum Gasteiger partial charge on any atom is -0.491 e. The number of anilines is 1. The zero-order valence-corrected chi connectivity index (χ0v) is 15.4. The van der Waals surface area contributed by atoms with Crippen molar-refractivity contribution < 1.29 is 14.3 Å². The number of carbonyl (C=O) groups is 2. The number of nitrogens with two attached hydrogens (primary N) is 1. The number of thiocarbonyl (C=S) groups is 1. The molecule has 0 saturated heterocycles. The zero-order valence-electron chi connectivity index (χ0n) is 14.6. The summed E-state index contributed by atoms with van der Waals surface area (Å²) in [6.07, 6.45) is 0.933. The van der Waals surface area contributed by atoms with E-state index >= 15 is 0 Å². The predicted octanol–water partition coefficient (Wildman–Crippen LogP) is 3.09. The zero-order chi connectivity index (χ0) is 19.1. The summed E-state index contributed by atoms with van der Waals surface area (Å²) in [6, 6.07) is 13.4. The third kappa shape index (κ3) is 5.56. The molecule has 26 heavy (non-hydrogen) atoms. The molecular formula is C19H21N3O3S. The lowest BCUT2D eigenvalue weighted by molar-refractivity contribution is 0.0974. The lowest BCUT2D eigenvalue weighted by atomic mass is 10.2. The number of hydrogen-bond acceptors (Lipinski definition) is 4. The first kappa shape index (κ1) is 19.4. The van der Waals surface area contributed by atoms with Crippen LogP contribution in [0.15, 0.2) is 48.5 Å². The van der Waals surface area contributed by atoms with Crippen LogP contribution in [0.5, 0.6) is 5.75 Å². The molecule has 0 aliphatic heterocycles. The van der Waals surface area contributed by atoms with E-state index in [1.807, 2.05) is 13.8 Å². The van der Waals surface area contributed by atoms with Gasteiger partial charge in [-0.05, 0) is 62.0 Å². The molecule has 0 radical (unpaired) electrons. The standard InChI is InChI=1S/C19H21N3O3S/c1-3-12(2)25-16-9-5-7-14(11-16)18(24)22-19(26)21-15-8-4-6-13(10-15)17(20)23/h4-12H,3H2,1-2H3,(H2,20,23)(H2,21,22,24,26). The van der Waals surface area contributed by atoms with Crippen molar-refractivity contribution in [1.29, 1.82) is 0 Å². The summed E-state index contributed by atoms with van der Waals surface area (Å²) in [5.41, 5.74) is 6.58. The van der Waals surface area contributed by atoms with E-state index in [0.717, 1.165) is 6.42 Å². The maximum absolute atomic E-state index is 12.4. The van der Waals surface area contributed by atoms with Gasteiger partial charge in [-0.3, -0.25) is 14.9 Å². The molecule has 0 saturated carbocycles. The summed E-state index contributed by atoms with van der Waals surface area (Å²) in [4.78, 5) is 23.6. The van der Waals surface area contributed by atoms with E-state index in [0.29, 0.717) is 22.6 Å². The SMILES string of the molecule is CCC(C)Oc1cccc(C(=O)NC(=S)Nc2cccc(C(N)=O)c2)c1. The van der Waals surface area contributed by atoms with Gasteiger partial charge in [-0.15, -0.1) is 0 Å². The molecule has 0 aliphatic rings. The first-order valence-electron chi connectivity index (χ1n) is 8.18. The lowest BCUT2D eigenvalue weighted by Crippen LogP contribution is -2.34. The van der Waals surface area contributed by atoms with Gasteiger partial charge in [0.25, 0.3) is 5.91 Å². The molecule has 0 aromatic heterocycles. The Kier molecular flexibility index (Phi) is 6.68. The fourth-order valence-electron chi connectivity index (χ4n) is 2.11. The van der Waals surface area contributed by atoms with E-state index in [9.17, 15) is 9.59 Å². The molecule has 1 unspecified atom stereocenters. The largest absolute Gasteiger partial charge is 0.491 e. The molecule has 2 aromatic carbocycles. The van der Waals surface area contributed by atoms with E-state index in [4.69, 9.17) is 22.7 Å². The van der Waals surface area contributed by atoms with Crippen molar-refractivity contribution >= 4 is 34.8 Å². The quantitative estimate of drug-likeness (QED) is 0.679. The van der Waals surface area contributed by atoms with Crippen molar-refractivity contribution in [3.05, 3.63) is 59.7 Å². The Balaban J connectivity index is 2.01. The van der Waals surface area contributed by atoms with Gasteiger partial charge in [0.05, 0.1) is 6.10 Å². The van der Waals surface area contributed by atoms with Crippen molar-refractivity contribution in [2.24, 2.45) is 5.73 Å². The molecule has 2 rings (SSSR count). The Morgan fingerprint density at radius 2 is 1.85 bits per heavy atom. The average molecular weight is 371 g/mol. The minimum atomic E-state index is -0.540. The smallest absolute Gasteiger partial charge is 0.257 e. The van der Waals surface area contributed by atoms with Gasteiger partial charge >= 0.3 is 0 Å². The number of carbonyl (C=O) groups excluding carboxylic acids is 2. The molecule has 2 aromatic rings. The van der Waals surface area contributed by atoms with Crippen molar-refractivity contribution in [3.8, 4) is 5.75 Å². The Labute approximate surface area is 157 Å². The second kappa shape index (κ2) is 8.96. The van der Waals surface area contributed by atoms with E-state index in [1.165, 1.54) is 0 Å². The van der Waals surface area contributed by atoms with Crippen molar-refractivity contribution in [2.75, 3.05) is 5.32 Å². The monoisotopic (exact) mass is 371 g/mol. The van der Waals surface area contributed by atoms with Crippen LogP contribution in [-0.2, 0) is 0 Å². The third-order valence-corrected chi connectivity index (χ3v) is 3.84. The van der Waals surface area contributed by atoms with Gasteiger partial charge < -0.3 is 15.8 Å². The van der Waals surface area contributed by atoms with Crippen LogP contribution in [-0.4, -0.2) is 23.0 Å². The lowest BCUT2D eigenvalue weighted by Gasteiger charge is -2.14. The topological polar surface area (TPSA) is 93.4 Å². The Morgan fingerprint density at radius 1 is 1.15 bits per heavy atom. The van der Waals surface area contributed by atoms with Gasteiger partial charge in [0, 0.05) is 16.8 Å². The third-order valence-electron chi connectivity index (χ3n) is 3.64. The maximum Gasteiger partial charge on any atom is 0.257 e. The molecule has 1 atom stereocenters. The van der Waals surface area contributed by atoms with E-state index in [1.54, 1.807) is 48.5 Å². The van der Waals surface area contributed by atoms with Crippen LogP contribution in [0.1, 0.15) is 41.0 Å². The summed E-state index contributed by atoms with van der Waals surface area (Å²) >= 11 is 5.15. The molecule has 0 spiro atoms. The highest BCUT2D eigenvalue weighted by molar-refractivity contribution is 7.80. The molecule has 6 nitrogen and oxygen atoms in total. The molecule has 2 amide bonds. The minimum absolute atomic E-state index is 0.0635. The molecule has 136 valence electrons. The Morgan fingerprint density at radius 3 is 2.54 bits per heavy atom. The van der Waals surface area contributed by atoms with Gasteiger partial charge in [0.1, 0.15) is 5.75 Å². The summed E-state index contributed by atoms with van der Waals surface area (Å²) in [7, 11) is 0. The molecule has 0 aliphatic carbocycles. The number of nitrogens with one attached hydrogen (secondary N) is 2. The fourth-order valence-corrected chi connectivity index (χ4v) is 2.32. The van der Waals surface area contributed by atoms with Crippen LogP contribution >= 0.6 is 12.2 Å². The van der Waals surface area contributed by atoms with Crippen LogP contribution in [0.4, 0.5) is 5.69 Å². The number of primary amides is 1. The maximum atomic E-state index is 12.4. The predicted molar refractivity (Wildman–Crippen MR) is 105 cm³/mol. The second-order valence-corrected chi connectivity index (χ2v) is 6.13. The molecular weight excluding hydrogens is 350 g/mol. The van der Waals surface area contributed by atoms with Crippen molar-refractivity contribution in [3.63, 3.8) is 0 Å². The van der Waals surface area contributed by atoms with Gasteiger partial charge in [0.2, 0.25) is 5.91 Å². The average Bonchev–Trinajstić information content (AvgIpc) is 2.61. The number of benzene rings is 2. The molecule has 0 heterocycles. The van der Waals surface area contributed by atoms with Gasteiger partial charge in [0.15, 0.2) is 5.11 Å². The number of rotatable bonds is 6. The highest BCUT2D eigenvalue weighted by Gasteiger charge is 2.11. The normalized spacial score (nSPS) is 11.3. The number of hydrogen-bond donors (Lipinski definition) is 3. The van der Waals surface area contributed by atoms with Gasteiger partial charge in [-0.25, -0.2) is 0 Å². The summed E-state index contributed by atoms with van der Waals surface area (Å²) in [6.45, 7) is 3.99. The number of ether oxygens (including phenoxy) is 1. The molecule has 7 heteroatoms. The van der Waals surface area contributed by atoms with Crippen LogP contribution in [0, 0.1) is 0 Å².